The molecule has 3 aliphatic carbocycles. The Kier molecular flexibility index (Phi) is 9.59. The van der Waals surface area contributed by atoms with Gasteiger partial charge in [0.2, 0.25) is 0 Å². The summed E-state index contributed by atoms with van der Waals surface area (Å²) >= 11 is 0. The van der Waals surface area contributed by atoms with Crippen molar-refractivity contribution in [2.75, 3.05) is 0 Å². The molecule has 1 N–H and O–H groups in total. The number of carbonyl (C=O) groups is 4. The van der Waals surface area contributed by atoms with Gasteiger partial charge in [-0.15, -0.1) is 0 Å². The highest BCUT2D eigenvalue weighted by Crippen LogP contribution is 2.60. The summed E-state index contributed by atoms with van der Waals surface area (Å²) in [4.78, 5) is 50.4. The third-order valence-corrected chi connectivity index (χ3v) is 9.80. The van der Waals surface area contributed by atoms with Gasteiger partial charge in [0.25, 0.3) is 0 Å². The van der Waals surface area contributed by atoms with Crippen molar-refractivity contribution < 1.29 is 43.2 Å². The van der Waals surface area contributed by atoms with Crippen molar-refractivity contribution in [3.63, 3.8) is 0 Å². The van der Waals surface area contributed by atoms with Gasteiger partial charge in [-0.2, -0.15) is 0 Å². The Bertz CT molecular complexity index is 1370. The van der Waals surface area contributed by atoms with Gasteiger partial charge in [0.1, 0.15) is 30.5 Å². The van der Waals surface area contributed by atoms with Crippen molar-refractivity contribution in [1.82, 2.24) is 0 Å². The monoisotopic (exact) mass is 608 g/mol. The molecule has 0 spiro atoms. The number of aliphatic hydroxyl groups excluding tert-OH is 1. The number of esters is 4. The Hall–Kier alpha value is -3.72. The van der Waals surface area contributed by atoms with E-state index in [-0.39, 0.29) is 0 Å². The van der Waals surface area contributed by atoms with Gasteiger partial charge in [-0.25, -0.2) is 4.79 Å². The Labute approximate surface area is 259 Å². The summed E-state index contributed by atoms with van der Waals surface area (Å²) in [7, 11) is 0. The first-order valence-corrected chi connectivity index (χ1v) is 15.1. The number of rotatable bonds is 6. The number of benzene rings is 1. The summed E-state index contributed by atoms with van der Waals surface area (Å²) in [5.74, 6) is -3.25. The third kappa shape index (κ3) is 6.39. The van der Waals surface area contributed by atoms with E-state index in [1.807, 2.05) is 58.0 Å². The number of ether oxygens (including phenoxy) is 4. The van der Waals surface area contributed by atoms with Gasteiger partial charge in [-0.05, 0) is 60.0 Å². The molecule has 238 valence electrons. The predicted molar refractivity (Wildman–Crippen MR) is 163 cm³/mol. The Morgan fingerprint density at radius 2 is 1.52 bits per heavy atom. The molecule has 0 heterocycles. The van der Waals surface area contributed by atoms with Crippen LogP contribution in [0.5, 0.6) is 0 Å². The van der Waals surface area contributed by atoms with Gasteiger partial charge in [0, 0.05) is 44.1 Å². The fourth-order valence-electron chi connectivity index (χ4n) is 7.90. The largest absolute Gasteiger partial charge is 0.462 e. The number of hydrogen-bond acceptors (Lipinski definition) is 9. The molecule has 0 aromatic heterocycles. The van der Waals surface area contributed by atoms with Gasteiger partial charge < -0.3 is 24.1 Å². The summed E-state index contributed by atoms with van der Waals surface area (Å²) in [5, 5.41) is 12.1. The van der Waals surface area contributed by atoms with Crippen LogP contribution in [0.15, 0.2) is 59.7 Å². The van der Waals surface area contributed by atoms with Crippen molar-refractivity contribution >= 4 is 30.0 Å². The van der Waals surface area contributed by atoms with Crippen molar-refractivity contribution in [2.24, 2.45) is 22.7 Å². The van der Waals surface area contributed by atoms with E-state index in [1.165, 1.54) is 26.8 Å². The average molecular weight is 609 g/mol. The SMILES string of the molecule is C=C1[C@@H](OC(=O)/C=C/c2ccccc2)CC[C@@]2(C)[C@@H](OC(C)=O)[C@H](O)C3=C(C)[C@@H](OC(C)=O)CC([C@@H](OC(C)=O)[C@H]12)C3(C)C. The quantitative estimate of drug-likeness (QED) is 0.203. The number of fused-ring (bicyclic) bond motifs is 3. The lowest BCUT2D eigenvalue weighted by atomic mass is 9.49. The highest BCUT2D eigenvalue weighted by atomic mass is 16.6. The molecule has 44 heavy (non-hydrogen) atoms. The smallest absolute Gasteiger partial charge is 0.331 e. The van der Waals surface area contributed by atoms with E-state index in [0.29, 0.717) is 36.0 Å². The molecule has 2 fully saturated rings. The van der Waals surface area contributed by atoms with Gasteiger partial charge in [-0.3, -0.25) is 14.4 Å². The minimum absolute atomic E-state index is 0.328. The van der Waals surface area contributed by atoms with Crippen LogP contribution in [0, 0.1) is 22.7 Å². The molecule has 1 unspecified atom stereocenters. The Balaban J connectivity index is 1.83. The maximum atomic E-state index is 13.0. The number of carbonyl (C=O) groups excluding carboxylic acids is 4. The summed E-state index contributed by atoms with van der Waals surface area (Å²) in [6, 6.07) is 9.36. The number of aliphatic hydroxyl groups is 1. The molecule has 9 nitrogen and oxygen atoms in total. The lowest BCUT2D eigenvalue weighted by Gasteiger charge is -2.59. The van der Waals surface area contributed by atoms with Crippen LogP contribution in [0.4, 0.5) is 0 Å². The van der Waals surface area contributed by atoms with Crippen LogP contribution < -0.4 is 0 Å². The van der Waals surface area contributed by atoms with Gasteiger partial charge in [0.15, 0.2) is 0 Å². The number of hydrogen-bond donors (Lipinski definition) is 1. The van der Waals surface area contributed by atoms with Crippen LogP contribution in [-0.2, 0) is 38.1 Å². The highest BCUT2D eigenvalue weighted by Gasteiger charge is 2.63. The van der Waals surface area contributed by atoms with Gasteiger partial charge >= 0.3 is 23.9 Å². The van der Waals surface area contributed by atoms with Crippen LogP contribution in [0.25, 0.3) is 6.08 Å². The third-order valence-electron chi connectivity index (χ3n) is 9.80. The first-order chi connectivity index (χ1) is 20.6. The lowest BCUT2D eigenvalue weighted by molar-refractivity contribution is -0.198. The first kappa shape index (κ1) is 33.2. The topological polar surface area (TPSA) is 125 Å². The molecular weight excluding hydrogens is 564 g/mol. The second kappa shape index (κ2) is 12.7. The summed E-state index contributed by atoms with van der Waals surface area (Å²) in [5.41, 5.74) is 0.885. The summed E-state index contributed by atoms with van der Waals surface area (Å²) < 4.78 is 23.7. The molecule has 0 amide bonds. The molecule has 3 aliphatic rings. The molecule has 1 aromatic carbocycles. The predicted octanol–water partition coefficient (Wildman–Crippen LogP) is 5.12. The van der Waals surface area contributed by atoms with Crippen LogP contribution in [0.3, 0.4) is 0 Å². The molecular formula is C35H44O9. The molecule has 2 saturated carbocycles. The molecule has 0 aliphatic heterocycles. The first-order valence-electron chi connectivity index (χ1n) is 15.1. The van der Waals surface area contributed by atoms with E-state index in [2.05, 4.69) is 6.58 Å². The zero-order valence-electron chi connectivity index (χ0n) is 26.6. The van der Waals surface area contributed by atoms with E-state index >= 15 is 0 Å². The van der Waals surface area contributed by atoms with Crippen LogP contribution in [-0.4, -0.2) is 59.5 Å². The summed E-state index contributed by atoms with van der Waals surface area (Å²) in [6.45, 7) is 15.9. The molecule has 0 radical (unpaired) electrons. The van der Waals surface area contributed by atoms with E-state index in [0.717, 1.165) is 5.56 Å². The second-order valence-electron chi connectivity index (χ2n) is 13.1. The van der Waals surface area contributed by atoms with Crippen molar-refractivity contribution in [1.29, 1.82) is 0 Å². The molecule has 9 heteroatoms. The van der Waals surface area contributed by atoms with E-state index in [1.54, 1.807) is 6.08 Å². The Morgan fingerprint density at radius 1 is 0.909 bits per heavy atom. The van der Waals surface area contributed by atoms with Crippen molar-refractivity contribution in [3.05, 3.63) is 65.3 Å². The average Bonchev–Trinajstić information content (AvgIpc) is 2.92. The molecule has 2 bridgehead atoms. The van der Waals surface area contributed by atoms with Crippen molar-refractivity contribution in [3.8, 4) is 0 Å². The fourth-order valence-corrected chi connectivity index (χ4v) is 7.90. The second-order valence-corrected chi connectivity index (χ2v) is 13.1. The molecule has 4 rings (SSSR count). The summed E-state index contributed by atoms with van der Waals surface area (Å²) in [6.07, 6.45) is -0.465. The van der Waals surface area contributed by atoms with Crippen LogP contribution in [0.1, 0.15) is 73.3 Å². The maximum Gasteiger partial charge on any atom is 0.331 e. The zero-order chi connectivity index (χ0) is 32.6. The Morgan fingerprint density at radius 3 is 2.11 bits per heavy atom. The molecule has 1 aromatic rings. The zero-order valence-corrected chi connectivity index (χ0v) is 26.6. The normalized spacial score (nSPS) is 33.0. The minimum atomic E-state index is -1.25. The molecule has 0 saturated heterocycles. The van der Waals surface area contributed by atoms with E-state index in [4.69, 9.17) is 18.9 Å². The molecule has 8 atom stereocenters. The van der Waals surface area contributed by atoms with Crippen molar-refractivity contribution in [2.45, 2.75) is 98.2 Å². The minimum Gasteiger partial charge on any atom is -0.462 e. The van der Waals surface area contributed by atoms with Crippen LogP contribution >= 0.6 is 0 Å². The standard InChI is InChI=1S/C35H44O9/c1-19-26(44-28(39)15-14-24-12-10-9-11-13-24)16-17-35(8)30(19)32(42-22(4)37)25-18-27(41-21(3)36)20(2)29(34(25,6)7)31(40)33(35)43-23(5)38/h9-15,25-27,30-33,40H,1,16-18H2,2-8H3/b15-14+/t25?,26-,27-,30-,31+,32+,33-,35+/m0/s1. The maximum absolute atomic E-state index is 13.0. The highest BCUT2D eigenvalue weighted by molar-refractivity contribution is 5.87. The fraction of sp³-hybridized carbons (Fsp3) is 0.543. The van der Waals surface area contributed by atoms with Gasteiger partial charge in [0.05, 0.1) is 0 Å². The van der Waals surface area contributed by atoms with Gasteiger partial charge in [-0.1, -0.05) is 57.7 Å². The van der Waals surface area contributed by atoms with E-state index in [9.17, 15) is 24.3 Å². The van der Waals surface area contributed by atoms with E-state index < -0.39 is 77.1 Å². The lowest BCUT2D eigenvalue weighted by Crippen LogP contribution is -2.63. The van der Waals surface area contributed by atoms with Crippen LogP contribution in [0.2, 0.25) is 0 Å².